The minimum atomic E-state index is -4.83. The number of H-pyrrole nitrogens is 1. The Labute approximate surface area is 315 Å². The Morgan fingerprint density at radius 1 is 0.945 bits per heavy atom. The monoisotopic (exact) mass is 773 g/mol. The molecule has 0 aliphatic carbocycles. The molecule has 1 fully saturated rings. The molecule has 0 saturated carbocycles. The average molecular weight is 774 g/mol. The third-order valence-corrected chi connectivity index (χ3v) is 9.36. The fraction of sp³-hybridized carbons (Fsp3) is 0.263. The molecule has 0 radical (unpaired) electrons. The molecule has 0 bridgehead atoms. The summed E-state index contributed by atoms with van der Waals surface area (Å²) >= 11 is -0.00848. The van der Waals surface area contributed by atoms with Gasteiger partial charge in [-0.3, -0.25) is 29.0 Å². The lowest BCUT2D eigenvalue weighted by Gasteiger charge is -2.29. The molecule has 1 amide bonds. The van der Waals surface area contributed by atoms with Crippen LogP contribution in [0.5, 0.6) is 5.75 Å². The van der Waals surface area contributed by atoms with Gasteiger partial charge in [0.15, 0.2) is 0 Å². The molecular formula is C38H34F3N7O6S. The summed E-state index contributed by atoms with van der Waals surface area (Å²) in [6.45, 7) is 5.18. The molecule has 0 atom stereocenters. The number of amides is 1. The number of carbonyl (C=O) groups excluding carboxylic acids is 1. The quantitative estimate of drug-likeness (QED) is 0.120. The fourth-order valence-electron chi connectivity index (χ4n) is 6.15. The van der Waals surface area contributed by atoms with Crippen LogP contribution in [0.4, 0.5) is 30.2 Å². The molecule has 1 aliphatic heterocycles. The highest BCUT2D eigenvalue weighted by molar-refractivity contribution is 7.67. The van der Waals surface area contributed by atoms with Crippen molar-refractivity contribution in [1.82, 2.24) is 14.5 Å². The van der Waals surface area contributed by atoms with Gasteiger partial charge in [-0.25, -0.2) is 9.00 Å². The summed E-state index contributed by atoms with van der Waals surface area (Å²) in [4.78, 5) is 46.2. The summed E-state index contributed by atoms with van der Waals surface area (Å²) in [6.07, 6.45) is 1.15. The zero-order valence-electron chi connectivity index (χ0n) is 29.6. The van der Waals surface area contributed by atoms with E-state index >= 15 is 0 Å². The van der Waals surface area contributed by atoms with Gasteiger partial charge in [0.2, 0.25) is 5.11 Å². The Balaban J connectivity index is 0.963. The first-order valence-corrected chi connectivity index (χ1v) is 17.7. The van der Waals surface area contributed by atoms with E-state index in [0.717, 1.165) is 27.4 Å². The Hall–Kier alpha value is -6.25. The number of aromatic nitrogens is 3. The van der Waals surface area contributed by atoms with Crippen molar-refractivity contribution < 1.29 is 31.6 Å². The molecule has 1 saturated heterocycles. The van der Waals surface area contributed by atoms with Crippen molar-refractivity contribution in [2.24, 2.45) is 0 Å². The molecule has 0 unspecified atom stereocenters. The number of carbonyl (C=O) groups is 1. The second-order valence-electron chi connectivity index (χ2n) is 12.9. The average Bonchev–Trinajstić information content (AvgIpc) is 3.37. The molecule has 17 heteroatoms. The van der Waals surface area contributed by atoms with Crippen LogP contribution < -0.4 is 31.1 Å². The normalized spacial score (nSPS) is 14.0. The maximum absolute atomic E-state index is 13.7. The van der Waals surface area contributed by atoms with Crippen LogP contribution in [0.2, 0.25) is 0 Å². The summed E-state index contributed by atoms with van der Waals surface area (Å²) in [5, 5.41) is 13.9. The number of anilines is 3. The van der Waals surface area contributed by atoms with Gasteiger partial charge in [-0.05, 0) is 80.9 Å². The number of hydrogen-bond acceptors (Lipinski definition) is 9. The predicted octanol–water partition coefficient (Wildman–Crippen LogP) is 5.18. The summed E-state index contributed by atoms with van der Waals surface area (Å²) in [5.74, 6) is 0.0433. The van der Waals surface area contributed by atoms with E-state index in [1.807, 2.05) is 12.1 Å². The van der Waals surface area contributed by atoms with Crippen molar-refractivity contribution in [3.05, 3.63) is 117 Å². The van der Waals surface area contributed by atoms with Gasteiger partial charge < -0.3 is 19.7 Å². The molecule has 284 valence electrons. The second kappa shape index (κ2) is 16.0. The van der Waals surface area contributed by atoms with Gasteiger partial charge in [-0.1, -0.05) is 0 Å². The number of rotatable bonds is 13. The van der Waals surface area contributed by atoms with Gasteiger partial charge in [0.25, 0.3) is 11.5 Å². The van der Waals surface area contributed by atoms with Crippen LogP contribution in [0.15, 0.2) is 94.9 Å². The van der Waals surface area contributed by atoms with E-state index < -0.39 is 40.0 Å². The molecule has 13 nitrogen and oxygen atoms in total. The zero-order chi connectivity index (χ0) is 39.3. The summed E-state index contributed by atoms with van der Waals surface area (Å²) < 4.78 is 66.4. The highest BCUT2D eigenvalue weighted by atomic mass is 32.1. The number of benzene rings is 3. The van der Waals surface area contributed by atoms with Crippen molar-refractivity contribution in [3.63, 3.8) is 0 Å². The lowest BCUT2D eigenvalue weighted by atomic mass is 10.0. The minimum Gasteiger partial charge on any atom is -0.493 e. The number of ether oxygens (including phenoxy) is 2. The highest BCUT2D eigenvalue weighted by Crippen LogP contribution is 2.39. The van der Waals surface area contributed by atoms with Crippen molar-refractivity contribution in [2.75, 3.05) is 41.5 Å². The first kappa shape index (κ1) is 38.5. The van der Waals surface area contributed by atoms with Gasteiger partial charge in [0, 0.05) is 66.8 Å². The smallest absolute Gasteiger partial charge is 0.417 e. The van der Waals surface area contributed by atoms with Crippen molar-refractivity contribution in [1.29, 1.82) is 5.26 Å². The molecule has 2 aromatic heterocycles. The summed E-state index contributed by atoms with van der Waals surface area (Å²) in [6, 6.07) is 18.2. The van der Waals surface area contributed by atoms with Crippen LogP contribution in [0.3, 0.4) is 0 Å². The first-order valence-electron chi connectivity index (χ1n) is 17.0. The van der Waals surface area contributed by atoms with E-state index in [0.29, 0.717) is 62.4 Å². The third-order valence-electron chi connectivity index (χ3n) is 8.84. The van der Waals surface area contributed by atoms with E-state index in [2.05, 4.69) is 15.3 Å². The van der Waals surface area contributed by atoms with Crippen LogP contribution in [0.1, 0.15) is 37.8 Å². The van der Waals surface area contributed by atoms with Gasteiger partial charge in [-0.2, -0.15) is 18.4 Å². The molecule has 3 heterocycles. The molecule has 2 N–H and O–H groups in total. The number of nitrogens with one attached hydrogen (secondary N) is 2. The highest BCUT2D eigenvalue weighted by Gasteiger charge is 2.51. The van der Waals surface area contributed by atoms with E-state index in [9.17, 15) is 37.0 Å². The van der Waals surface area contributed by atoms with Gasteiger partial charge >= 0.3 is 11.9 Å². The molecule has 0 spiro atoms. The topological polar surface area (TPSA) is 163 Å². The number of alkyl halides is 3. The van der Waals surface area contributed by atoms with Crippen molar-refractivity contribution >= 4 is 50.1 Å². The van der Waals surface area contributed by atoms with Crippen molar-refractivity contribution in [2.45, 2.75) is 38.4 Å². The van der Waals surface area contributed by atoms with Crippen molar-refractivity contribution in [3.8, 4) is 17.5 Å². The summed E-state index contributed by atoms with van der Waals surface area (Å²) in [5.41, 5.74) is -2.49. The number of halogens is 3. The SMILES string of the molecule is CC1(C)C(=O)N(c2ccc(C#N)c(C(F)(F)F)c2)C(=S=O)N1c1ccc(NCCCOCCCOc2ccc3c(-n4ccc(=O)[nH]c4=O)cncc3c2)cc1. The van der Waals surface area contributed by atoms with Gasteiger partial charge in [0.05, 0.1) is 41.4 Å². The van der Waals surface area contributed by atoms with Crippen LogP contribution in [-0.2, 0) is 27.0 Å². The maximum Gasteiger partial charge on any atom is 0.417 e. The molecule has 1 aliphatic rings. The predicted molar refractivity (Wildman–Crippen MR) is 202 cm³/mol. The molecule has 5 aromatic rings. The number of fused-ring (bicyclic) bond motifs is 1. The zero-order valence-corrected chi connectivity index (χ0v) is 30.4. The lowest BCUT2D eigenvalue weighted by Crippen LogP contribution is -2.44. The summed E-state index contributed by atoms with van der Waals surface area (Å²) in [7, 11) is 0. The fourth-order valence-corrected chi connectivity index (χ4v) is 6.82. The van der Waals surface area contributed by atoms with Gasteiger partial charge in [-0.15, -0.1) is 0 Å². The Kier molecular flexibility index (Phi) is 11.2. The lowest BCUT2D eigenvalue weighted by molar-refractivity contribution is -0.137. The van der Waals surface area contributed by atoms with Crippen LogP contribution in [0, 0.1) is 11.3 Å². The minimum absolute atomic E-state index is 0.00848. The van der Waals surface area contributed by atoms with E-state index in [1.54, 1.807) is 56.6 Å². The number of nitriles is 1. The van der Waals surface area contributed by atoms with E-state index in [1.165, 1.54) is 33.9 Å². The Morgan fingerprint density at radius 3 is 2.40 bits per heavy atom. The molecular weight excluding hydrogens is 740 g/mol. The standard InChI is InChI=1S/C38H34F3N7O6S/c1-37(2)34(50)47(28-8-5-24(21-42)31(20-28)38(39,40)41)36(55-52)48(37)27-9-6-26(7-10-27)44-14-3-16-53-17-4-18-54-29-11-12-30-25(19-29)22-43-23-32(30)46-15-13-33(49)45-35(46)51/h5-13,15,19-20,22-23,44H,3-4,14,16-18H2,1-2H3,(H,45,49,51). The van der Waals surface area contributed by atoms with E-state index in [4.69, 9.17) is 9.47 Å². The first-order chi connectivity index (χ1) is 26.3. The van der Waals surface area contributed by atoms with Crippen LogP contribution in [0.25, 0.3) is 16.5 Å². The Bertz CT molecular complexity index is 2460. The molecule has 3 aromatic carbocycles. The third kappa shape index (κ3) is 8.15. The molecule has 6 rings (SSSR count). The maximum atomic E-state index is 13.7. The number of pyridine rings is 1. The molecule has 55 heavy (non-hydrogen) atoms. The van der Waals surface area contributed by atoms with E-state index in [-0.39, 0.29) is 22.1 Å². The second-order valence-corrected chi connectivity index (χ2v) is 13.4. The van der Waals surface area contributed by atoms with Crippen LogP contribution >= 0.6 is 0 Å². The number of nitrogens with zero attached hydrogens (tertiary/aromatic N) is 5. The van der Waals surface area contributed by atoms with Gasteiger partial charge in [0.1, 0.15) is 22.5 Å². The number of hydrogen-bond donors (Lipinski definition) is 2. The Morgan fingerprint density at radius 2 is 1.69 bits per heavy atom. The van der Waals surface area contributed by atoms with Crippen LogP contribution in [-0.4, -0.2) is 61.7 Å². The number of aromatic amines is 1. The largest absolute Gasteiger partial charge is 0.493 e.